The van der Waals surface area contributed by atoms with Gasteiger partial charge in [0.15, 0.2) is 5.60 Å². The summed E-state index contributed by atoms with van der Waals surface area (Å²) >= 11 is 0. The molecule has 0 amide bonds. The Balaban J connectivity index is 2.27. The van der Waals surface area contributed by atoms with E-state index in [1.54, 1.807) is 0 Å². The van der Waals surface area contributed by atoms with Crippen LogP contribution in [0.3, 0.4) is 0 Å². The first kappa shape index (κ1) is 10.5. The maximum atomic E-state index is 9.64. The van der Waals surface area contributed by atoms with E-state index in [9.17, 15) is 5.11 Å². The van der Waals surface area contributed by atoms with Crippen LogP contribution >= 0.6 is 0 Å². The van der Waals surface area contributed by atoms with Gasteiger partial charge in [0.1, 0.15) is 0 Å². The highest BCUT2D eigenvalue weighted by molar-refractivity contribution is 5.02. The molecule has 1 rings (SSSR count). The summed E-state index contributed by atoms with van der Waals surface area (Å²) < 4.78 is 0. The highest BCUT2D eigenvalue weighted by atomic mass is 16.3. The molecular formula is C10H18N2O. The fraction of sp³-hybridized carbons (Fsp3) is 0.900. The van der Waals surface area contributed by atoms with Crippen LogP contribution in [0, 0.1) is 11.3 Å². The minimum Gasteiger partial charge on any atom is -0.375 e. The van der Waals surface area contributed by atoms with Crippen molar-refractivity contribution >= 4 is 0 Å². The number of rotatable bonds is 3. The molecule has 0 radical (unpaired) electrons. The van der Waals surface area contributed by atoms with Crippen LogP contribution in [0.1, 0.15) is 32.6 Å². The Hall–Kier alpha value is -0.590. The lowest BCUT2D eigenvalue weighted by Gasteiger charge is -2.33. The number of unbranched alkanes of at least 4 members (excludes halogenated alkanes) is 1. The van der Waals surface area contributed by atoms with E-state index in [-0.39, 0.29) is 0 Å². The standard InChI is InChI=1S/C10H18N2O/c1-2-3-6-12-7-4-10(13,9-11)5-8-12/h13H,2-8H2,1H3. The Morgan fingerprint density at radius 1 is 1.46 bits per heavy atom. The molecule has 1 N–H and O–H groups in total. The van der Waals surface area contributed by atoms with E-state index in [1.165, 1.54) is 12.8 Å². The molecule has 1 aliphatic heterocycles. The molecular weight excluding hydrogens is 164 g/mol. The second-order valence-corrected chi connectivity index (χ2v) is 3.84. The summed E-state index contributed by atoms with van der Waals surface area (Å²) in [6.07, 6.45) is 3.63. The van der Waals surface area contributed by atoms with Crippen molar-refractivity contribution in [1.29, 1.82) is 5.26 Å². The largest absolute Gasteiger partial charge is 0.375 e. The number of nitrogens with zero attached hydrogens (tertiary/aromatic N) is 2. The Bertz CT molecular complexity index is 190. The zero-order valence-electron chi connectivity index (χ0n) is 8.29. The first-order valence-corrected chi connectivity index (χ1v) is 5.06. The zero-order chi connectivity index (χ0) is 9.73. The third-order valence-electron chi connectivity index (χ3n) is 2.72. The van der Waals surface area contributed by atoms with Crippen molar-refractivity contribution in [2.75, 3.05) is 19.6 Å². The second kappa shape index (κ2) is 4.59. The van der Waals surface area contributed by atoms with Gasteiger partial charge in [-0.05, 0) is 13.0 Å². The van der Waals surface area contributed by atoms with Gasteiger partial charge in [-0.2, -0.15) is 5.26 Å². The van der Waals surface area contributed by atoms with Crippen molar-refractivity contribution in [2.45, 2.75) is 38.2 Å². The maximum Gasteiger partial charge on any atom is 0.153 e. The van der Waals surface area contributed by atoms with E-state index in [4.69, 9.17) is 5.26 Å². The molecule has 3 heteroatoms. The molecule has 0 saturated carbocycles. The fourth-order valence-electron chi connectivity index (χ4n) is 1.64. The Morgan fingerprint density at radius 2 is 2.08 bits per heavy atom. The predicted octanol–water partition coefficient (Wildman–Crippen LogP) is 1.14. The molecule has 1 heterocycles. The number of hydrogen-bond acceptors (Lipinski definition) is 3. The molecule has 1 fully saturated rings. The van der Waals surface area contributed by atoms with Crippen molar-refractivity contribution in [2.24, 2.45) is 0 Å². The molecule has 1 saturated heterocycles. The molecule has 74 valence electrons. The highest BCUT2D eigenvalue weighted by Crippen LogP contribution is 2.21. The van der Waals surface area contributed by atoms with Crippen LogP contribution in [0.25, 0.3) is 0 Å². The summed E-state index contributed by atoms with van der Waals surface area (Å²) in [6, 6.07) is 1.99. The van der Waals surface area contributed by atoms with E-state index in [2.05, 4.69) is 11.8 Å². The van der Waals surface area contributed by atoms with Gasteiger partial charge in [0, 0.05) is 25.9 Å². The monoisotopic (exact) mass is 182 g/mol. The first-order chi connectivity index (χ1) is 6.20. The summed E-state index contributed by atoms with van der Waals surface area (Å²) in [5.41, 5.74) is -1.04. The first-order valence-electron chi connectivity index (χ1n) is 5.06. The lowest BCUT2D eigenvalue weighted by Crippen LogP contribution is -2.43. The van der Waals surface area contributed by atoms with Crippen LogP contribution in [0.15, 0.2) is 0 Å². The third kappa shape index (κ3) is 2.98. The van der Waals surface area contributed by atoms with E-state index in [1.807, 2.05) is 6.07 Å². The molecule has 3 nitrogen and oxygen atoms in total. The second-order valence-electron chi connectivity index (χ2n) is 3.84. The molecule has 0 aromatic heterocycles. The number of aliphatic hydroxyl groups is 1. The smallest absolute Gasteiger partial charge is 0.153 e. The summed E-state index contributed by atoms with van der Waals surface area (Å²) in [5.74, 6) is 0. The molecule has 1 aliphatic rings. The van der Waals surface area contributed by atoms with E-state index >= 15 is 0 Å². The van der Waals surface area contributed by atoms with Gasteiger partial charge in [0.25, 0.3) is 0 Å². The molecule has 13 heavy (non-hydrogen) atoms. The Kier molecular flexibility index (Phi) is 3.71. The number of piperidine rings is 1. The van der Waals surface area contributed by atoms with Crippen molar-refractivity contribution in [3.8, 4) is 6.07 Å². The van der Waals surface area contributed by atoms with Gasteiger partial charge in [-0.1, -0.05) is 13.3 Å². The van der Waals surface area contributed by atoms with Crippen molar-refractivity contribution in [3.63, 3.8) is 0 Å². The van der Waals surface area contributed by atoms with Crippen molar-refractivity contribution in [3.05, 3.63) is 0 Å². The summed E-state index contributed by atoms with van der Waals surface area (Å²) in [6.45, 7) is 5.02. The zero-order valence-corrected chi connectivity index (χ0v) is 8.29. The lowest BCUT2D eigenvalue weighted by molar-refractivity contribution is 0.0251. The van der Waals surface area contributed by atoms with Gasteiger partial charge in [-0.3, -0.25) is 0 Å². The van der Waals surface area contributed by atoms with Gasteiger partial charge >= 0.3 is 0 Å². The summed E-state index contributed by atoms with van der Waals surface area (Å²) in [5, 5.41) is 18.3. The Labute approximate surface area is 80.0 Å². The molecule has 0 atom stereocenters. The van der Waals surface area contributed by atoms with Gasteiger partial charge in [-0.15, -0.1) is 0 Å². The minimum absolute atomic E-state index is 0.604. The van der Waals surface area contributed by atoms with Crippen LogP contribution in [-0.4, -0.2) is 35.2 Å². The molecule has 0 aliphatic carbocycles. The molecule has 0 aromatic rings. The number of hydrogen-bond donors (Lipinski definition) is 1. The normalized spacial score (nSPS) is 22.5. The van der Waals surface area contributed by atoms with Gasteiger partial charge in [0.05, 0.1) is 6.07 Å². The van der Waals surface area contributed by atoms with Gasteiger partial charge in [-0.25, -0.2) is 0 Å². The average molecular weight is 182 g/mol. The fourth-order valence-corrected chi connectivity index (χ4v) is 1.64. The predicted molar refractivity (Wildman–Crippen MR) is 51.1 cm³/mol. The Morgan fingerprint density at radius 3 is 2.54 bits per heavy atom. The summed E-state index contributed by atoms with van der Waals surface area (Å²) in [7, 11) is 0. The maximum absolute atomic E-state index is 9.64. The molecule has 0 aromatic carbocycles. The van der Waals surface area contributed by atoms with Crippen molar-refractivity contribution in [1.82, 2.24) is 4.90 Å². The highest BCUT2D eigenvalue weighted by Gasteiger charge is 2.31. The molecule has 0 spiro atoms. The quantitative estimate of drug-likeness (QED) is 0.666. The van der Waals surface area contributed by atoms with Crippen LogP contribution in [0.2, 0.25) is 0 Å². The van der Waals surface area contributed by atoms with Crippen LogP contribution in [-0.2, 0) is 0 Å². The SMILES string of the molecule is CCCCN1CCC(O)(C#N)CC1. The van der Waals surface area contributed by atoms with E-state index < -0.39 is 5.60 Å². The van der Waals surface area contributed by atoms with Crippen LogP contribution in [0.5, 0.6) is 0 Å². The lowest BCUT2D eigenvalue weighted by atomic mass is 9.93. The van der Waals surface area contributed by atoms with Gasteiger partial charge in [0.2, 0.25) is 0 Å². The molecule has 0 bridgehead atoms. The minimum atomic E-state index is -1.04. The van der Waals surface area contributed by atoms with E-state index in [0.29, 0.717) is 12.8 Å². The number of nitriles is 1. The third-order valence-corrected chi connectivity index (χ3v) is 2.72. The van der Waals surface area contributed by atoms with Crippen LogP contribution < -0.4 is 0 Å². The number of likely N-dealkylation sites (tertiary alicyclic amines) is 1. The average Bonchev–Trinajstić information content (AvgIpc) is 2.17. The van der Waals surface area contributed by atoms with Gasteiger partial charge < -0.3 is 10.0 Å². The summed E-state index contributed by atoms with van der Waals surface area (Å²) in [4.78, 5) is 2.33. The van der Waals surface area contributed by atoms with Crippen LogP contribution in [0.4, 0.5) is 0 Å². The van der Waals surface area contributed by atoms with E-state index in [0.717, 1.165) is 19.6 Å². The topological polar surface area (TPSA) is 47.3 Å². The molecule has 0 unspecified atom stereocenters. The van der Waals surface area contributed by atoms with Crippen molar-refractivity contribution < 1.29 is 5.11 Å².